The third kappa shape index (κ3) is 4.62. The summed E-state index contributed by atoms with van der Waals surface area (Å²) in [5.41, 5.74) is 0.929. The second-order valence-electron chi connectivity index (χ2n) is 4.84. The van der Waals surface area contributed by atoms with Gasteiger partial charge in [0.05, 0.1) is 6.54 Å². The predicted molar refractivity (Wildman–Crippen MR) is 74.9 cm³/mol. The Balaban J connectivity index is 1.77. The summed E-state index contributed by atoms with van der Waals surface area (Å²) in [5.74, 6) is 0.328. The number of anilines is 1. The number of hydrogen-bond acceptors (Lipinski definition) is 5. The molecule has 0 unspecified atom stereocenters. The Labute approximate surface area is 117 Å². The van der Waals surface area contributed by atoms with E-state index < -0.39 is 0 Å². The molecule has 1 aromatic carbocycles. The van der Waals surface area contributed by atoms with Gasteiger partial charge in [-0.1, -0.05) is 31.1 Å². The highest BCUT2D eigenvalue weighted by molar-refractivity contribution is 5.21. The molecular weight excluding hydrogens is 259 g/mol. The molecule has 0 aliphatic carbocycles. The zero-order valence-corrected chi connectivity index (χ0v) is 11.7. The fraction of sp³-hybridized carbons (Fsp3) is 0.429. The molecular formula is C14H19FN4O. The van der Waals surface area contributed by atoms with Gasteiger partial charge in [-0.05, 0) is 24.1 Å². The van der Waals surface area contributed by atoms with Crippen LogP contribution in [0.4, 0.5) is 10.4 Å². The van der Waals surface area contributed by atoms with Crippen LogP contribution in [0, 0.1) is 5.82 Å². The lowest BCUT2D eigenvalue weighted by Crippen LogP contribution is -2.21. The van der Waals surface area contributed by atoms with Crippen molar-refractivity contribution in [2.75, 3.05) is 11.9 Å². The summed E-state index contributed by atoms with van der Waals surface area (Å²) in [6.07, 6.45) is 0.694. The van der Waals surface area contributed by atoms with E-state index in [2.05, 4.69) is 34.7 Å². The van der Waals surface area contributed by atoms with Crippen LogP contribution in [0.3, 0.4) is 0 Å². The number of nitrogens with one attached hydrogen (secondary N) is 2. The van der Waals surface area contributed by atoms with E-state index in [1.165, 1.54) is 12.1 Å². The number of benzene rings is 1. The summed E-state index contributed by atoms with van der Waals surface area (Å²) >= 11 is 0. The molecule has 2 rings (SSSR count). The Kier molecular flexibility index (Phi) is 5.06. The summed E-state index contributed by atoms with van der Waals surface area (Å²) in [6, 6.07) is 7.30. The molecule has 0 spiro atoms. The second kappa shape index (κ2) is 7.00. The molecule has 108 valence electrons. The van der Waals surface area contributed by atoms with Gasteiger partial charge in [0.15, 0.2) is 0 Å². The van der Waals surface area contributed by atoms with Gasteiger partial charge in [0.25, 0.3) is 0 Å². The highest BCUT2D eigenvalue weighted by Gasteiger charge is 2.05. The van der Waals surface area contributed by atoms with Gasteiger partial charge in [-0.3, -0.25) is 0 Å². The molecule has 0 saturated carbocycles. The molecule has 0 aliphatic heterocycles. The van der Waals surface area contributed by atoms with E-state index in [1.54, 1.807) is 6.07 Å². The number of aromatic nitrogens is 2. The topological polar surface area (TPSA) is 63.0 Å². The molecule has 5 nitrogen and oxygen atoms in total. The molecule has 1 aromatic heterocycles. The van der Waals surface area contributed by atoms with Crippen LogP contribution in [0.25, 0.3) is 0 Å². The molecule has 0 amide bonds. The van der Waals surface area contributed by atoms with E-state index in [1.807, 2.05) is 6.07 Å². The molecule has 0 bridgehead atoms. The van der Waals surface area contributed by atoms with E-state index in [0.717, 1.165) is 5.56 Å². The summed E-state index contributed by atoms with van der Waals surface area (Å²) in [5, 5.41) is 14.1. The summed E-state index contributed by atoms with van der Waals surface area (Å²) in [7, 11) is 0. The van der Waals surface area contributed by atoms with Crippen LogP contribution in [0.5, 0.6) is 0 Å². The molecule has 6 heteroatoms. The fourth-order valence-corrected chi connectivity index (χ4v) is 1.69. The molecule has 2 aromatic rings. The number of rotatable bonds is 7. The van der Waals surface area contributed by atoms with Crippen LogP contribution in [0.15, 0.2) is 28.7 Å². The minimum atomic E-state index is -0.220. The molecule has 0 radical (unpaired) electrons. The smallest absolute Gasteiger partial charge is 0.315 e. The Bertz CT molecular complexity index is 541. The van der Waals surface area contributed by atoms with Gasteiger partial charge in [0.1, 0.15) is 5.82 Å². The van der Waals surface area contributed by atoms with Crippen LogP contribution in [-0.4, -0.2) is 22.8 Å². The van der Waals surface area contributed by atoms with Gasteiger partial charge in [-0.15, -0.1) is 5.10 Å². The highest BCUT2D eigenvalue weighted by atomic mass is 19.1. The van der Waals surface area contributed by atoms with Crippen molar-refractivity contribution in [3.05, 3.63) is 41.5 Å². The van der Waals surface area contributed by atoms with Gasteiger partial charge in [-0.2, -0.15) is 0 Å². The van der Waals surface area contributed by atoms with Gasteiger partial charge >= 0.3 is 6.01 Å². The van der Waals surface area contributed by atoms with Crippen molar-refractivity contribution >= 4 is 6.01 Å². The lowest BCUT2D eigenvalue weighted by molar-refractivity contribution is 0.458. The Morgan fingerprint density at radius 3 is 2.90 bits per heavy atom. The van der Waals surface area contributed by atoms with Crippen molar-refractivity contribution in [3.63, 3.8) is 0 Å². The summed E-state index contributed by atoms with van der Waals surface area (Å²) < 4.78 is 18.4. The highest BCUT2D eigenvalue weighted by Crippen LogP contribution is 2.07. The largest absolute Gasteiger partial charge is 0.407 e. The van der Waals surface area contributed by atoms with Gasteiger partial charge in [0.2, 0.25) is 5.89 Å². The van der Waals surface area contributed by atoms with Crippen molar-refractivity contribution in [1.82, 2.24) is 15.5 Å². The zero-order valence-electron chi connectivity index (χ0n) is 11.7. The molecule has 20 heavy (non-hydrogen) atoms. The first-order valence-corrected chi connectivity index (χ1v) is 6.67. The van der Waals surface area contributed by atoms with Crippen LogP contribution in [0.1, 0.15) is 25.3 Å². The number of nitrogens with zero attached hydrogens (tertiary/aromatic N) is 2. The Morgan fingerprint density at radius 2 is 2.15 bits per heavy atom. The van der Waals surface area contributed by atoms with Crippen LogP contribution in [0.2, 0.25) is 0 Å². The summed E-state index contributed by atoms with van der Waals surface area (Å²) in [4.78, 5) is 0. The van der Waals surface area contributed by atoms with Gasteiger partial charge in [-0.25, -0.2) is 4.39 Å². The van der Waals surface area contributed by atoms with Crippen molar-refractivity contribution < 1.29 is 8.81 Å². The van der Waals surface area contributed by atoms with Gasteiger partial charge in [0, 0.05) is 12.6 Å². The first-order chi connectivity index (χ1) is 9.63. The normalized spacial score (nSPS) is 11.0. The average molecular weight is 278 g/mol. The molecule has 0 aliphatic rings. The Hall–Kier alpha value is -1.95. The van der Waals surface area contributed by atoms with E-state index in [9.17, 15) is 4.39 Å². The molecule has 0 saturated heterocycles. The van der Waals surface area contributed by atoms with Gasteiger partial charge < -0.3 is 15.1 Å². The Morgan fingerprint density at radius 1 is 1.30 bits per heavy atom. The van der Waals surface area contributed by atoms with Crippen LogP contribution in [-0.2, 0) is 13.0 Å². The third-order valence-corrected chi connectivity index (χ3v) is 2.71. The maximum atomic E-state index is 13.0. The lowest BCUT2D eigenvalue weighted by atomic mass is 10.1. The number of halogens is 1. The minimum absolute atomic E-state index is 0.220. The first kappa shape index (κ1) is 14.5. The van der Waals surface area contributed by atoms with Crippen LogP contribution >= 0.6 is 0 Å². The van der Waals surface area contributed by atoms with E-state index >= 15 is 0 Å². The van der Waals surface area contributed by atoms with E-state index in [-0.39, 0.29) is 5.82 Å². The molecule has 1 heterocycles. The summed E-state index contributed by atoms with van der Waals surface area (Å²) in [6.45, 7) is 5.27. The zero-order chi connectivity index (χ0) is 14.4. The average Bonchev–Trinajstić information content (AvgIpc) is 2.84. The van der Waals surface area contributed by atoms with Crippen molar-refractivity contribution in [2.45, 2.75) is 32.9 Å². The maximum absolute atomic E-state index is 13.0. The minimum Gasteiger partial charge on any atom is -0.407 e. The predicted octanol–water partition coefficient (Wildman–Crippen LogP) is 2.36. The van der Waals surface area contributed by atoms with Crippen LogP contribution < -0.4 is 10.6 Å². The fourth-order valence-electron chi connectivity index (χ4n) is 1.69. The van der Waals surface area contributed by atoms with Crippen molar-refractivity contribution in [3.8, 4) is 0 Å². The third-order valence-electron chi connectivity index (χ3n) is 2.71. The number of hydrogen-bond donors (Lipinski definition) is 2. The van der Waals surface area contributed by atoms with E-state index in [4.69, 9.17) is 4.42 Å². The molecule has 0 atom stereocenters. The maximum Gasteiger partial charge on any atom is 0.315 e. The van der Waals surface area contributed by atoms with Crippen molar-refractivity contribution in [2.24, 2.45) is 0 Å². The second-order valence-corrected chi connectivity index (χ2v) is 4.84. The standard InChI is InChI=1S/C14H19FN4O/c1-10(2)17-9-13-18-19-14(20-13)16-7-6-11-4-3-5-12(15)8-11/h3-5,8,10,17H,6-7,9H2,1-2H3,(H,16,19). The molecule has 0 fully saturated rings. The molecule has 2 N–H and O–H groups in total. The SMILES string of the molecule is CC(C)NCc1nnc(NCCc2cccc(F)c2)o1. The van der Waals surface area contributed by atoms with E-state index in [0.29, 0.717) is 37.5 Å². The van der Waals surface area contributed by atoms with Crippen molar-refractivity contribution in [1.29, 1.82) is 0 Å². The first-order valence-electron chi connectivity index (χ1n) is 6.67. The quantitative estimate of drug-likeness (QED) is 0.814. The monoisotopic (exact) mass is 278 g/mol. The lowest BCUT2D eigenvalue weighted by Gasteiger charge is -2.04.